The number of nitrogens with one attached hydrogen (secondary N) is 1. The zero-order chi connectivity index (χ0) is 24.1. The Hall–Kier alpha value is -3.10. The highest BCUT2D eigenvalue weighted by molar-refractivity contribution is 5.86. The zero-order valence-electron chi connectivity index (χ0n) is 18.5. The molecule has 2 aromatic carbocycles. The van der Waals surface area contributed by atoms with Gasteiger partial charge in [0.2, 0.25) is 0 Å². The van der Waals surface area contributed by atoms with E-state index in [1.165, 1.54) is 32.1 Å². The van der Waals surface area contributed by atoms with Crippen LogP contribution in [-0.2, 0) is 11.0 Å². The number of anilines is 1. The Morgan fingerprint density at radius 1 is 1.00 bits per heavy atom. The van der Waals surface area contributed by atoms with Crippen LogP contribution in [0.15, 0.2) is 47.6 Å². The molecule has 9 heteroatoms. The highest BCUT2D eigenvalue weighted by atomic mass is 19.4. The van der Waals surface area contributed by atoms with Gasteiger partial charge in [0.05, 0.1) is 18.4 Å². The van der Waals surface area contributed by atoms with Crippen LogP contribution >= 0.6 is 0 Å². The number of halogens is 4. The van der Waals surface area contributed by atoms with Crippen LogP contribution in [0.25, 0.3) is 0 Å². The molecular formula is C24H28F4N2O3. The van der Waals surface area contributed by atoms with Crippen molar-refractivity contribution in [2.24, 2.45) is 5.16 Å². The number of oxime groups is 1. The molecule has 5 nitrogen and oxygen atoms in total. The summed E-state index contributed by atoms with van der Waals surface area (Å²) < 4.78 is 57.7. The zero-order valence-corrected chi connectivity index (χ0v) is 18.5. The molecule has 2 rings (SSSR count). The molecule has 1 N–H and O–H groups in total. The number of carbonyl (C=O) groups is 1. The Morgan fingerprint density at radius 3 is 2.33 bits per heavy atom. The van der Waals surface area contributed by atoms with Crippen molar-refractivity contribution in [1.29, 1.82) is 0 Å². The van der Waals surface area contributed by atoms with E-state index in [4.69, 9.17) is 4.74 Å². The molecule has 1 amide bonds. The van der Waals surface area contributed by atoms with Crippen LogP contribution in [-0.4, -0.2) is 18.9 Å². The summed E-state index contributed by atoms with van der Waals surface area (Å²) in [4.78, 5) is 16.3. The summed E-state index contributed by atoms with van der Waals surface area (Å²) in [6.07, 6.45) is 3.24. The number of unbranched alkanes of at least 4 members (excludes halogenated alkanes) is 6. The van der Waals surface area contributed by atoms with E-state index >= 15 is 0 Å². The number of nitrogens with zero attached hydrogens (tertiary/aromatic N) is 1. The maximum atomic E-state index is 13.9. The Bertz CT molecular complexity index is 900. The number of rotatable bonds is 12. The van der Waals surface area contributed by atoms with Crippen molar-refractivity contribution >= 4 is 18.0 Å². The molecule has 0 unspecified atom stereocenters. The van der Waals surface area contributed by atoms with E-state index in [1.54, 1.807) is 24.3 Å². The Morgan fingerprint density at radius 2 is 1.67 bits per heavy atom. The first-order valence-electron chi connectivity index (χ1n) is 10.9. The highest BCUT2D eigenvalue weighted by Gasteiger charge is 2.34. The fourth-order valence-electron chi connectivity index (χ4n) is 3.02. The van der Waals surface area contributed by atoms with Crippen LogP contribution in [0, 0.1) is 5.82 Å². The fourth-order valence-corrected chi connectivity index (χ4v) is 3.02. The van der Waals surface area contributed by atoms with Gasteiger partial charge in [0.15, 0.2) is 0 Å². The van der Waals surface area contributed by atoms with E-state index in [2.05, 4.69) is 22.2 Å². The van der Waals surface area contributed by atoms with Gasteiger partial charge in [-0.3, -0.25) is 10.2 Å². The second kappa shape index (κ2) is 13.4. The molecule has 0 saturated carbocycles. The first kappa shape index (κ1) is 26.2. The van der Waals surface area contributed by atoms with E-state index in [0.717, 1.165) is 25.0 Å². The standard InChI is InChI=1S/C24H28F4N2O3/c1-2-3-4-5-6-7-8-16-32-20-14-12-19(13-15-20)30-23(31)33-29-17-18-10-9-11-21(22(18)25)24(26,27)28/h9-15,17H,2-8,16H2,1H3,(H,30,31). The normalized spacial score (nSPS) is 11.5. The molecule has 2 aromatic rings. The molecule has 0 aliphatic heterocycles. The van der Waals surface area contributed by atoms with Gasteiger partial charge in [-0.25, -0.2) is 9.18 Å². The van der Waals surface area contributed by atoms with E-state index in [9.17, 15) is 22.4 Å². The van der Waals surface area contributed by atoms with Gasteiger partial charge in [-0.15, -0.1) is 0 Å². The third-order valence-electron chi connectivity index (χ3n) is 4.78. The van der Waals surface area contributed by atoms with Crippen LogP contribution in [0.1, 0.15) is 63.0 Å². The van der Waals surface area contributed by atoms with Gasteiger partial charge in [-0.05, 0) is 36.8 Å². The summed E-state index contributed by atoms with van der Waals surface area (Å²) in [6.45, 7) is 2.81. The summed E-state index contributed by atoms with van der Waals surface area (Å²) in [5, 5.41) is 5.65. The van der Waals surface area contributed by atoms with Gasteiger partial charge < -0.3 is 4.74 Å². The summed E-state index contributed by atoms with van der Waals surface area (Å²) in [6, 6.07) is 9.33. The molecule has 0 saturated heterocycles. The van der Waals surface area contributed by atoms with Crippen molar-refractivity contribution in [3.63, 3.8) is 0 Å². The monoisotopic (exact) mass is 468 g/mol. The van der Waals surface area contributed by atoms with Crippen LogP contribution in [0.4, 0.5) is 28.0 Å². The maximum absolute atomic E-state index is 13.9. The Kier molecular flexibility index (Phi) is 10.7. The summed E-state index contributed by atoms with van der Waals surface area (Å²) in [5.74, 6) is -0.831. The molecule has 180 valence electrons. The van der Waals surface area contributed by atoms with Crippen molar-refractivity contribution in [2.45, 2.75) is 58.0 Å². The predicted molar refractivity (Wildman–Crippen MR) is 119 cm³/mol. The van der Waals surface area contributed by atoms with E-state index in [1.807, 2.05) is 0 Å². The molecule has 33 heavy (non-hydrogen) atoms. The van der Waals surface area contributed by atoms with Gasteiger partial charge in [-0.2, -0.15) is 13.2 Å². The van der Waals surface area contributed by atoms with Crippen molar-refractivity contribution in [3.8, 4) is 5.75 Å². The number of hydrogen-bond donors (Lipinski definition) is 1. The third-order valence-corrected chi connectivity index (χ3v) is 4.78. The van der Waals surface area contributed by atoms with Crippen LogP contribution in [0.3, 0.4) is 0 Å². The molecule has 0 fully saturated rings. The second-order valence-corrected chi connectivity index (χ2v) is 7.44. The SMILES string of the molecule is CCCCCCCCCOc1ccc(NC(=O)ON=Cc2cccc(C(F)(F)F)c2F)cc1. The molecule has 0 heterocycles. The lowest BCUT2D eigenvalue weighted by Crippen LogP contribution is -2.11. The topological polar surface area (TPSA) is 59.9 Å². The lowest BCUT2D eigenvalue weighted by Gasteiger charge is -2.09. The quantitative estimate of drug-likeness (QED) is 0.115. The molecule has 0 aliphatic carbocycles. The van der Waals surface area contributed by atoms with E-state index in [0.29, 0.717) is 30.3 Å². The van der Waals surface area contributed by atoms with Crippen molar-refractivity contribution in [1.82, 2.24) is 0 Å². The second-order valence-electron chi connectivity index (χ2n) is 7.44. The molecule has 0 bridgehead atoms. The van der Waals surface area contributed by atoms with Gasteiger partial charge in [0, 0.05) is 11.3 Å². The minimum Gasteiger partial charge on any atom is -0.494 e. The lowest BCUT2D eigenvalue weighted by atomic mass is 10.1. The van der Waals surface area contributed by atoms with E-state index in [-0.39, 0.29) is 0 Å². The number of alkyl halides is 3. The number of benzene rings is 2. The number of amides is 1. The first-order chi connectivity index (χ1) is 15.8. The van der Waals surface area contributed by atoms with Crippen LogP contribution in [0.5, 0.6) is 5.75 Å². The number of hydrogen-bond acceptors (Lipinski definition) is 4. The summed E-state index contributed by atoms with van der Waals surface area (Å²) in [7, 11) is 0. The smallest absolute Gasteiger partial charge is 0.437 e. The van der Waals surface area contributed by atoms with Gasteiger partial charge in [-0.1, -0.05) is 62.7 Å². The van der Waals surface area contributed by atoms with Crippen LogP contribution in [0.2, 0.25) is 0 Å². The fraction of sp³-hybridized carbons (Fsp3) is 0.417. The van der Waals surface area contributed by atoms with Crippen molar-refractivity contribution in [2.75, 3.05) is 11.9 Å². The average Bonchev–Trinajstić information content (AvgIpc) is 2.77. The molecule has 0 radical (unpaired) electrons. The summed E-state index contributed by atoms with van der Waals surface area (Å²) >= 11 is 0. The van der Waals surface area contributed by atoms with E-state index < -0.39 is 29.2 Å². The Balaban J connectivity index is 1.73. The van der Waals surface area contributed by atoms with Gasteiger partial charge >= 0.3 is 12.3 Å². The highest BCUT2D eigenvalue weighted by Crippen LogP contribution is 2.32. The predicted octanol–water partition coefficient (Wildman–Crippen LogP) is 7.56. The molecular weight excluding hydrogens is 440 g/mol. The minimum atomic E-state index is -4.84. The summed E-state index contributed by atoms with van der Waals surface area (Å²) in [5.41, 5.74) is -1.48. The van der Waals surface area contributed by atoms with Crippen LogP contribution < -0.4 is 10.1 Å². The van der Waals surface area contributed by atoms with Gasteiger partial charge in [0.25, 0.3) is 0 Å². The average molecular weight is 468 g/mol. The molecule has 0 spiro atoms. The molecule has 0 atom stereocenters. The molecule has 0 aromatic heterocycles. The first-order valence-corrected chi connectivity index (χ1v) is 10.9. The number of carbonyl (C=O) groups excluding carboxylic acids is 1. The third kappa shape index (κ3) is 9.51. The van der Waals surface area contributed by atoms with Crippen molar-refractivity contribution in [3.05, 3.63) is 59.4 Å². The maximum Gasteiger partial charge on any atom is 0.437 e. The lowest BCUT2D eigenvalue weighted by molar-refractivity contribution is -0.140. The largest absolute Gasteiger partial charge is 0.494 e. The minimum absolute atomic E-state index is 0.406. The molecule has 0 aliphatic rings. The van der Waals surface area contributed by atoms with Crippen molar-refractivity contribution < 1.29 is 31.9 Å². The number of ether oxygens (including phenoxy) is 1. The Labute approximate surface area is 190 Å². The van der Waals surface area contributed by atoms with Gasteiger partial charge in [0.1, 0.15) is 11.6 Å².